The first-order valence-corrected chi connectivity index (χ1v) is 4.46. The Labute approximate surface area is 80.6 Å². The molecule has 2 heteroatoms. The van der Waals surface area contributed by atoms with Crippen LogP contribution in [-0.4, -0.2) is 12.0 Å². The fourth-order valence-corrected chi connectivity index (χ4v) is 1.79. The van der Waals surface area contributed by atoms with Gasteiger partial charge in [0.15, 0.2) is 5.78 Å². The second kappa shape index (κ2) is 2.51. The molecule has 0 N–H and O–H groups in total. The highest BCUT2D eigenvalue weighted by Crippen LogP contribution is 2.09. The van der Waals surface area contributed by atoms with Gasteiger partial charge < -0.3 is 0 Å². The molecule has 1 aromatic rings. The van der Waals surface area contributed by atoms with E-state index < -0.39 is 0 Å². The maximum absolute atomic E-state index is 11.2. The molecule has 0 saturated carbocycles. The number of rotatable bonds is 0. The zero-order valence-corrected chi connectivity index (χ0v) is 7.40. The van der Waals surface area contributed by atoms with E-state index in [2.05, 4.69) is 4.99 Å². The van der Waals surface area contributed by atoms with E-state index >= 15 is 0 Å². The third kappa shape index (κ3) is 0.909. The number of fused-ring (bicyclic) bond motifs is 3. The van der Waals surface area contributed by atoms with Gasteiger partial charge in [0, 0.05) is 11.4 Å². The van der Waals surface area contributed by atoms with Crippen LogP contribution in [0.3, 0.4) is 0 Å². The van der Waals surface area contributed by atoms with E-state index in [4.69, 9.17) is 0 Å². The number of benzene rings is 1. The summed E-state index contributed by atoms with van der Waals surface area (Å²) in [5.74, 6) is 0.0474. The first-order valence-electron chi connectivity index (χ1n) is 4.46. The summed E-state index contributed by atoms with van der Waals surface area (Å²) in [6, 6.07) is 3.96. The fraction of sp³-hybridized carbons (Fsp3) is 0. The Hall–Kier alpha value is -1.96. The van der Waals surface area contributed by atoms with Crippen LogP contribution in [0.4, 0.5) is 5.69 Å². The highest BCUT2D eigenvalue weighted by molar-refractivity contribution is 6.17. The molecule has 66 valence electrons. The monoisotopic (exact) mass is 181 g/mol. The standard InChI is InChI=1S/C12H7NO/c14-9-3-1-8-2-4-12-10(5-6-13-12)11(8)7-9/h1-7H. The van der Waals surface area contributed by atoms with Gasteiger partial charge in [0.2, 0.25) is 0 Å². The third-order valence-corrected chi connectivity index (χ3v) is 2.47. The number of ketones is 1. The molecular formula is C12H7NO. The zero-order valence-electron chi connectivity index (χ0n) is 7.40. The first-order chi connectivity index (χ1) is 6.84. The highest BCUT2D eigenvalue weighted by Gasteiger charge is 2.06. The molecule has 1 heterocycles. The molecule has 2 nitrogen and oxygen atoms in total. The number of hydrogen-bond donors (Lipinski definition) is 0. The van der Waals surface area contributed by atoms with E-state index in [9.17, 15) is 4.79 Å². The van der Waals surface area contributed by atoms with Crippen molar-refractivity contribution < 1.29 is 4.79 Å². The average molecular weight is 181 g/mol. The second-order valence-electron chi connectivity index (χ2n) is 3.33. The van der Waals surface area contributed by atoms with Crippen LogP contribution in [-0.2, 0) is 4.79 Å². The smallest absolute Gasteiger partial charge is 0.179 e. The van der Waals surface area contributed by atoms with E-state index in [1.54, 1.807) is 18.4 Å². The Kier molecular flexibility index (Phi) is 1.34. The average Bonchev–Trinajstić information content (AvgIpc) is 2.65. The maximum Gasteiger partial charge on any atom is 0.179 e. The lowest BCUT2D eigenvalue weighted by Crippen LogP contribution is -2.29. The van der Waals surface area contributed by atoms with Gasteiger partial charge in [0.25, 0.3) is 0 Å². The number of carbonyl (C=O) groups excluding carboxylic acids is 1. The molecule has 0 fully saturated rings. The molecule has 0 saturated heterocycles. The van der Waals surface area contributed by atoms with E-state index in [0.29, 0.717) is 0 Å². The number of aliphatic imine (C=N–C) groups is 1. The van der Waals surface area contributed by atoms with Crippen LogP contribution >= 0.6 is 0 Å². The maximum atomic E-state index is 11.2. The van der Waals surface area contributed by atoms with E-state index in [-0.39, 0.29) is 5.78 Å². The van der Waals surface area contributed by atoms with Crippen LogP contribution in [0, 0.1) is 0 Å². The Morgan fingerprint density at radius 1 is 1.07 bits per heavy atom. The summed E-state index contributed by atoms with van der Waals surface area (Å²) in [5, 5.41) is 2.05. The van der Waals surface area contributed by atoms with Crippen molar-refractivity contribution in [1.82, 2.24) is 0 Å². The van der Waals surface area contributed by atoms with Gasteiger partial charge in [-0.25, -0.2) is 0 Å². The van der Waals surface area contributed by atoms with Gasteiger partial charge in [0.1, 0.15) is 0 Å². The summed E-state index contributed by atoms with van der Waals surface area (Å²) < 4.78 is 0. The summed E-state index contributed by atoms with van der Waals surface area (Å²) in [7, 11) is 0. The van der Waals surface area contributed by atoms with Gasteiger partial charge in [0.05, 0.1) is 5.69 Å². The lowest BCUT2D eigenvalue weighted by molar-refractivity contribution is -0.109. The molecule has 2 aliphatic rings. The van der Waals surface area contributed by atoms with Crippen molar-refractivity contribution >= 4 is 35.9 Å². The molecule has 0 atom stereocenters. The molecule has 0 spiro atoms. The molecule has 1 aliphatic heterocycles. The summed E-state index contributed by atoms with van der Waals surface area (Å²) in [6.07, 6.45) is 8.81. The molecule has 0 aromatic heterocycles. The van der Waals surface area contributed by atoms with Gasteiger partial charge >= 0.3 is 0 Å². The van der Waals surface area contributed by atoms with Crippen LogP contribution in [0.15, 0.2) is 23.2 Å². The highest BCUT2D eigenvalue weighted by atomic mass is 16.1. The normalized spacial score (nSPS) is 15.9. The number of nitrogens with zero attached hydrogens (tertiary/aromatic N) is 1. The van der Waals surface area contributed by atoms with Crippen LogP contribution in [0.2, 0.25) is 0 Å². The molecule has 0 amide bonds. The largest absolute Gasteiger partial charge is 0.290 e. The minimum Gasteiger partial charge on any atom is -0.290 e. The van der Waals surface area contributed by atoms with E-state index in [1.807, 2.05) is 24.3 Å². The SMILES string of the molecule is O=C1C=Cc2ccc3c(c2=C1)=CC=N3. The van der Waals surface area contributed by atoms with Gasteiger partial charge in [-0.3, -0.25) is 9.79 Å². The molecule has 3 rings (SSSR count). The summed E-state index contributed by atoms with van der Waals surface area (Å²) in [4.78, 5) is 15.4. The minimum absolute atomic E-state index is 0.0474. The van der Waals surface area contributed by atoms with Crippen molar-refractivity contribution in [3.05, 3.63) is 34.2 Å². The first kappa shape index (κ1) is 7.44. The van der Waals surface area contributed by atoms with Gasteiger partial charge in [-0.2, -0.15) is 0 Å². The Balaban J connectivity index is 2.51. The third-order valence-electron chi connectivity index (χ3n) is 2.47. The Bertz CT molecular complexity index is 606. The number of carbonyl (C=O) groups is 1. The zero-order chi connectivity index (χ0) is 9.54. The molecular weight excluding hydrogens is 174 g/mol. The van der Waals surface area contributed by atoms with Crippen molar-refractivity contribution in [1.29, 1.82) is 0 Å². The van der Waals surface area contributed by atoms with Crippen LogP contribution in [0.25, 0.3) is 18.2 Å². The molecule has 0 radical (unpaired) electrons. The van der Waals surface area contributed by atoms with E-state index in [0.717, 1.165) is 21.7 Å². The molecule has 1 aliphatic carbocycles. The molecule has 0 unspecified atom stereocenters. The molecule has 14 heavy (non-hydrogen) atoms. The summed E-state index contributed by atoms with van der Waals surface area (Å²) >= 11 is 0. The summed E-state index contributed by atoms with van der Waals surface area (Å²) in [5.41, 5.74) is 2.04. The van der Waals surface area contributed by atoms with Crippen LogP contribution in [0.1, 0.15) is 5.56 Å². The van der Waals surface area contributed by atoms with Gasteiger partial charge in [-0.05, 0) is 35.1 Å². The number of hydrogen-bond acceptors (Lipinski definition) is 2. The topological polar surface area (TPSA) is 29.4 Å². The van der Waals surface area contributed by atoms with Crippen molar-refractivity contribution in [3.63, 3.8) is 0 Å². The van der Waals surface area contributed by atoms with Crippen LogP contribution in [0.5, 0.6) is 0 Å². The van der Waals surface area contributed by atoms with Crippen molar-refractivity contribution in [2.45, 2.75) is 0 Å². The lowest BCUT2D eigenvalue weighted by atomic mass is 10.0. The quantitative estimate of drug-likeness (QED) is 0.575. The van der Waals surface area contributed by atoms with Crippen molar-refractivity contribution in [2.24, 2.45) is 4.99 Å². The minimum atomic E-state index is 0.0474. The second-order valence-corrected chi connectivity index (χ2v) is 3.33. The van der Waals surface area contributed by atoms with Crippen LogP contribution < -0.4 is 10.4 Å². The predicted molar refractivity (Wildman–Crippen MR) is 56.8 cm³/mol. The van der Waals surface area contributed by atoms with Crippen molar-refractivity contribution in [2.75, 3.05) is 0 Å². The summed E-state index contributed by atoms with van der Waals surface area (Å²) in [6.45, 7) is 0. The molecule has 1 aromatic carbocycles. The van der Waals surface area contributed by atoms with E-state index in [1.165, 1.54) is 0 Å². The fourth-order valence-electron chi connectivity index (χ4n) is 1.79. The Morgan fingerprint density at radius 3 is 2.93 bits per heavy atom. The van der Waals surface area contributed by atoms with Gasteiger partial charge in [-0.1, -0.05) is 12.1 Å². The number of allylic oxidation sites excluding steroid dienone is 1. The van der Waals surface area contributed by atoms with Gasteiger partial charge in [-0.15, -0.1) is 0 Å². The Morgan fingerprint density at radius 2 is 2.00 bits per heavy atom. The van der Waals surface area contributed by atoms with Crippen molar-refractivity contribution in [3.8, 4) is 0 Å². The predicted octanol–water partition coefficient (Wildman–Crippen LogP) is 0.559. The molecule has 0 bridgehead atoms. The lowest BCUT2D eigenvalue weighted by Gasteiger charge is -2.02.